The van der Waals surface area contributed by atoms with Gasteiger partial charge in [0.15, 0.2) is 0 Å². The molecule has 0 radical (unpaired) electrons. The third kappa shape index (κ3) is 2.07. The molecule has 1 fully saturated rings. The van der Waals surface area contributed by atoms with Crippen LogP contribution in [0.4, 0.5) is 0 Å². The third-order valence-corrected chi connectivity index (χ3v) is 3.51. The highest BCUT2D eigenvalue weighted by atomic mass is 15.1. The summed E-state index contributed by atoms with van der Waals surface area (Å²) in [6, 6.07) is 0. The van der Waals surface area contributed by atoms with E-state index < -0.39 is 0 Å². The lowest BCUT2D eigenvalue weighted by atomic mass is 10.0. The summed E-state index contributed by atoms with van der Waals surface area (Å²) in [4.78, 5) is 4.20. The third-order valence-electron chi connectivity index (χ3n) is 3.51. The second-order valence-corrected chi connectivity index (χ2v) is 6.04. The Bertz CT molecular complexity index is 357. The van der Waals surface area contributed by atoms with Crippen molar-refractivity contribution in [2.45, 2.75) is 46.2 Å². The first-order valence-electron chi connectivity index (χ1n) is 5.60. The minimum absolute atomic E-state index is 0.296. The van der Waals surface area contributed by atoms with E-state index in [4.69, 9.17) is 5.73 Å². The lowest BCUT2D eigenvalue weighted by Gasteiger charge is -2.21. The van der Waals surface area contributed by atoms with Crippen molar-refractivity contribution in [3.63, 3.8) is 0 Å². The molecule has 3 nitrogen and oxygen atoms in total. The summed E-state index contributed by atoms with van der Waals surface area (Å²) in [6.07, 6.45) is 5.10. The van der Waals surface area contributed by atoms with E-state index in [2.05, 4.69) is 23.4 Å². The Morgan fingerprint density at radius 1 is 1.60 bits per heavy atom. The highest BCUT2D eigenvalue weighted by Crippen LogP contribution is 2.52. The highest BCUT2D eigenvalue weighted by Gasteiger charge is 2.45. The van der Waals surface area contributed by atoms with Crippen molar-refractivity contribution >= 4 is 0 Å². The maximum atomic E-state index is 6.10. The van der Waals surface area contributed by atoms with Crippen LogP contribution < -0.4 is 5.73 Å². The average molecular weight is 207 g/mol. The molecule has 1 heterocycles. The molecular formula is C12H21N3. The van der Waals surface area contributed by atoms with Gasteiger partial charge in [-0.25, -0.2) is 4.98 Å². The number of aromatic nitrogens is 2. The number of rotatable bonds is 3. The molecule has 0 amide bonds. The second kappa shape index (κ2) is 3.08. The molecule has 1 aliphatic carbocycles. The van der Waals surface area contributed by atoms with Crippen molar-refractivity contribution in [3.8, 4) is 0 Å². The van der Waals surface area contributed by atoms with E-state index in [9.17, 15) is 0 Å². The Morgan fingerprint density at radius 2 is 2.20 bits per heavy atom. The maximum Gasteiger partial charge on any atom is 0.0948 e. The Balaban J connectivity index is 2.13. The number of hydrogen-bond acceptors (Lipinski definition) is 2. The Hall–Kier alpha value is -0.830. The van der Waals surface area contributed by atoms with Gasteiger partial charge in [0, 0.05) is 12.7 Å². The molecule has 1 saturated carbocycles. The molecule has 0 bridgehead atoms. The van der Waals surface area contributed by atoms with Gasteiger partial charge in [-0.1, -0.05) is 13.8 Å². The van der Waals surface area contributed by atoms with Crippen LogP contribution >= 0.6 is 0 Å². The van der Waals surface area contributed by atoms with Gasteiger partial charge in [0.05, 0.1) is 17.6 Å². The Kier molecular flexibility index (Phi) is 2.19. The minimum atomic E-state index is -0.296. The molecule has 1 aliphatic rings. The molecule has 15 heavy (non-hydrogen) atoms. The summed E-state index contributed by atoms with van der Waals surface area (Å²) in [5.74, 6) is 0.785. The monoisotopic (exact) mass is 207 g/mol. The van der Waals surface area contributed by atoms with Crippen molar-refractivity contribution in [2.75, 3.05) is 0 Å². The van der Waals surface area contributed by atoms with Crippen LogP contribution in [0.2, 0.25) is 0 Å². The van der Waals surface area contributed by atoms with Crippen LogP contribution in [-0.2, 0) is 12.1 Å². The summed E-state index contributed by atoms with van der Waals surface area (Å²) in [7, 11) is 0. The molecule has 0 aliphatic heterocycles. The fourth-order valence-electron chi connectivity index (χ4n) is 2.13. The normalized spacial score (nSPS) is 24.2. The molecular weight excluding hydrogens is 186 g/mol. The van der Waals surface area contributed by atoms with Crippen LogP contribution in [-0.4, -0.2) is 9.55 Å². The van der Waals surface area contributed by atoms with Crippen LogP contribution in [0.1, 0.15) is 39.8 Å². The van der Waals surface area contributed by atoms with Gasteiger partial charge in [0.1, 0.15) is 0 Å². The zero-order chi connectivity index (χ0) is 11.3. The lowest BCUT2D eigenvalue weighted by Crippen LogP contribution is -2.31. The first-order chi connectivity index (χ1) is 6.81. The van der Waals surface area contributed by atoms with Crippen molar-refractivity contribution in [1.29, 1.82) is 0 Å². The number of imidazole rings is 1. The van der Waals surface area contributed by atoms with E-state index in [1.807, 2.05) is 26.4 Å². The van der Waals surface area contributed by atoms with Crippen molar-refractivity contribution in [2.24, 2.45) is 17.1 Å². The van der Waals surface area contributed by atoms with Gasteiger partial charge < -0.3 is 10.3 Å². The van der Waals surface area contributed by atoms with Crippen LogP contribution in [0.5, 0.6) is 0 Å². The molecule has 0 saturated heterocycles. The molecule has 1 unspecified atom stereocenters. The van der Waals surface area contributed by atoms with E-state index in [1.54, 1.807) is 0 Å². The van der Waals surface area contributed by atoms with Gasteiger partial charge in [-0.05, 0) is 31.6 Å². The van der Waals surface area contributed by atoms with Gasteiger partial charge in [-0.2, -0.15) is 0 Å². The predicted octanol–water partition coefficient (Wildman–Crippen LogP) is 2.12. The van der Waals surface area contributed by atoms with E-state index in [0.717, 1.165) is 18.2 Å². The van der Waals surface area contributed by atoms with Crippen molar-refractivity contribution < 1.29 is 0 Å². The first-order valence-corrected chi connectivity index (χ1v) is 5.60. The molecule has 1 aromatic rings. The van der Waals surface area contributed by atoms with Gasteiger partial charge in [0.25, 0.3) is 0 Å². The molecule has 3 heteroatoms. The zero-order valence-electron chi connectivity index (χ0n) is 10.1. The fourth-order valence-corrected chi connectivity index (χ4v) is 2.13. The van der Waals surface area contributed by atoms with Gasteiger partial charge in [-0.3, -0.25) is 0 Å². The summed E-state index contributed by atoms with van der Waals surface area (Å²) in [5, 5.41) is 0. The van der Waals surface area contributed by atoms with Crippen LogP contribution in [0.25, 0.3) is 0 Å². The quantitative estimate of drug-likeness (QED) is 0.825. The van der Waals surface area contributed by atoms with E-state index in [1.165, 1.54) is 6.42 Å². The minimum Gasteiger partial charge on any atom is -0.333 e. The Labute approximate surface area is 91.7 Å². The first kappa shape index (κ1) is 10.7. The maximum absolute atomic E-state index is 6.10. The number of hydrogen-bond donors (Lipinski definition) is 1. The standard InChI is InChI=1S/C12H21N3/c1-11(2)5-9(11)7-15-8-14-6-10(15)12(3,4)13/h6,8-9H,5,7,13H2,1-4H3. The lowest BCUT2D eigenvalue weighted by molar-refractivity contribution is 0.447. The molecule has 2 N–H and O–H groups in total. The molecule has 1 aromatic heterocycles. The molecule has 1 atom stereocenters. The predicted molar refractivity (Wildman–Crippen MR) is 61.3 cm³/mol. The topological polar surface area (TPSA) is 43.8 Å². The largest absolute Gasteiger partial charge is 0.333 e. The SMILES string of the molecule is CC(C)(N)c1cncn1CC1CC1(C)C. The number of nitrogens with two attached hydrogens (primary N) is 1. The molecule has 84 valence electrons. The van der Waals surface area contributed by atoms with Crippen molar-refractivity contribution in [1.82, 2.24) is 9.55 Å². The number of nitrogens with zero attached hydrogens (tertiary/aromatic N) is 2. The summed E-state index contributed by atoms with van der Waals surface area (Å²) < 4.78 is 2.21. The molecule has 0 aromatic carbocycles. The molecule has 0 spiro atoms. The Morgan fingerprint density at radius 3 is 2.67 bits per heavy atom. The summed E-state index contributed by atoms with van der Waals surface area (Å²) in [5.41, 5.74) is 7.45. The van der Waals surface area contributed by atoms with Crippen molar-refractivity contribution in [3.05, 3.63) is 18.2 Å². The van der Waals surface area contributed by atoms with Gasteiger partial charge >= 0.3 is 0 Å². The van der Waals surface area contributed by atoms with Gasteiger partial charge in [0.2, 0.25) is 0 Å². The summed E-state index contributed by atoms with van der Waals surface area (Å²) >= 11 is 0. The summed E-state index contributed by atoms with van der Waals surface area (Å²) in [6.45, 7) is 9.75. The smallest absolute Gasteiger partial charge is 0.0948 e. The van der Waals surface area contributed by atoms with Gasteiger partial charge in [-0.15, -0.1) is 0 Å². The van der Waals surface area contributed by atoms with Crippen LogP contribution in [0.3, 0.4) is 0 Å². The fraction of sp³-hybridized carbons (Fsp3) is 0.750. The highest BCUT2D eigenvalue weighted by molar-refractivity contribution is 5.11. The second-order valence-electron chi connectivity index (χ2n) is 6.04. The van der Waals surface area contributed by atoms with E-state index >= 15 is 0 Å². The van der Waals surface area contributed by atoms with E-state index in [0.29, 0.717) is 5.41 Å². The van der Waals surface area contributed by atoms with Crippen LogP contribution in [0, 0.1) is 11.3 Å². The zero-order valence-corrected chi connectivity index (χ0v) is 10.1. The average Bonchev–Trinajstić information content (AvgIpc) is 2.52. The van der Waals surface area contributed by atoms with Crippen LogP contribution in [0.15, 0.2) is 12.5 Å². The van der Waals surface area contributed by atoms with E-state index in [-0.39, 0.29) is 5.54 Å². The molecule has 2 rings (SSSR count).